The molecule has 1 aliphatic rings. The van der Waals surface area contributed by atoms with Gasteiger partial charge in [0.2, 0.25) is 5.95 Å². The van der Waals surface area contributed by atoms with E-state index in [4.69, 9.17) is 11.5 Å². The van der Waals surface area contributed by atoms with E-state index in [2.05, 4.69) is 25.6 Å². The average molecular weight is 288 g/mol. The molecule has 2 heterocycles. The second-order valence-electron chi connectivity index (χ2n) is 5.41. The van der Waals surface area contributed by atoms with Gasteiger partial charge < -0.3 is 16.8 Å². The summed E-state index contributed by atoms with van der Waals surface area (Å²) in [5, 5.41) is 11.0. The van der Waals surface area contributed by atoms with Gasteiger partial charge in [-0.25, -0.2) is 4.98 Å². The highest BCUT2D eigenvalue weighted by atomic mass is 15.4. The van der Waals surface area contributed by atoms with Crippen molar-refractivity contribution in [1.29, 1.82) is 0 Å². The van der Waals surface area contributed by atoms with Crippen LogP contribution in [0, 0.1) is 0 Å². The smallest absolute Gasteiger partial charge is 0.222 e. The van der Waals surface area contributed by atoms with Crippen molar-refractivity contribution in [2.45, 2.75) is 37.8 Å². The lowest BCUT2D eigenvalue weighted by atomic mass is 9.78. The Morgan fingerprint density at radius 2 is 2.19 bits per heavy atom. The maximum absolute atomic E-state index is 5.82. The number of hydrogen-bond donors (Lipinski definition) is 3. The van der Waals surface area contributed by atoms with Crippen molar-refractivity contribution < 1.29 is 0 Å². The number of anilines is 2. The number of nitrogens with zero attached hydrogens (tertiary/aromatic N) is 5. The molecule has 0 radical (unpaired) electrons. The van der Waals surface area contributed by atoms with Crippen molar-refractivity contribution in [1.82, 2.24) is 25.0 Å². The van der Waals surface area contributed by atoms with E-state index in [0.717, 1.165) is 43.9 Å². The van der Waals surface area contributed by atoms with Crippen LogP contribution in [0.5, 0.6) is 0 Å². The van der Waals surface area contributed by atoms with Gasteiger partial charge in [-0.2, -0.15) is 4.98 Å². The summed E-state index contributed by atoms with van der Waals surface area (Å²) in [5.74, 6) is 1.50. The number of nitrogen functional groups attached to an aromatic ring is 1. The van der Waals surface area contributed by atoms with E-state index in [1.165, 1.54) is 0 Å². The normalized spacial score (nSPS) is 21.0. The van der Waals surface area contributed by atoms with Gasteiger partial charge in [-0.3, -0.25) is 4.68 Å². The van der Waals surface area contributed by atoms with Crippen LogP contribution in [0.15, 0.2) is 18.5 Å². The molecular formula is C13H20N8. The summed E-state index contributed by atoms with van der Waals surface area (Å²) in [6.45, 7) is 1.61. The van der Waals surface area contributed by atoms with Crippen LogP contribution >= 0.6 is 0 Å². The first-order valence-corrected chi connectivity index (χ1v) is 7.18. The van der Waals surface area contributed by atoms with E-state index >= 15 is 0 Å². The van der Waals surface area contributed by atoms with Crippen LogP contribution in [0.1, 0.15) is 30.9 Å². The highest BCUT2D eigenvalue weighted by molar-refractivity contribution is 5.41. The zero-order valence-corrected chi connectivity index (χ0v) is 11.8. The number of aromatic nitrogens is 5. The quantitative estimate of drug-likeness (QED) is 0.656. The molecular weight excluding hydrogens is 268 g/mol. The molecule has 8 heteroatoms. The summed E-state index contributed by atoms with van der Waals surface area (Å²) >= 11 is 0. The first kappa shape index (κ1) is 13.7. The molecule has 0 atom stereocenters. The largest absolute Gasteiger partial charge is 0.370 e. The van der Waals surface area contributed by atoms with Crippen LogP contribution in [-0.4, -0.2) is 37.5 Å². The Labute approximate surface area is 123 Å². The Kier molecular flexibility index (Phi) is 3.96. The van der Waals surface area contributed by atoms with Crippen molar-refractivity contribution in [2.75, 3.05) is 17.6 Å². The third-order valence-electron chi connectivity index (χ3n) is 3.70. The van der Waals surface area contributed by atoms with Gasteiger partial charge in [0.15, 0.2) is 0 Å². The molecule has 1 aliphatic carbocycles. The molecule has 0 bridgehead atoms. The first-order valence-electron chi connectivity index (χ1n) is 7.18. The number of hydrogen-bond acceptors (Lipinski definition) is 7. The molecule has 0 aromatic carbocycles. The summed E-state index contributed by atoms with van der Waals surface area (Å²) in [5.41, 5.74) is 12.6. The highest BCUT2D eigenvalue weighted by Gasteiger charge is 2.28. The molecule has 2 aromatic rings. The number of nitrogens with one attached hydrogen (secondary N) is 1. The zero-order valence-electron chi connectivity index (χ0n) is 11.8. The molecule has 2 aromatic heterocycles. The van der Waals surface area contributed by atoms with Crippen LogP contribution in [-0.2, 0) is 6.54 Å². The Morgan fingerprint density at radius 3 is 2.90 bits per heavy atom. The second kappa shape index (κ2) is 6.04. The molecule has 1 saturated carbocycles. The third kappa shape index (κ3) is 3.46. The topological polar surface area (TPSA) is 121 Å². The molecule has 8 nitrogen and oxygen atoms in total. The molecule has 112 valence electrons. The summed E-state index contributed by atoms with van der Waals surface area (Å²) in [7, 11) is 0. The number of nitrogens with two attached hydrogens (primary N) is 2. The van der Waals surface area contributed by atoms with Gasteiger partial charge in [-0.1, -0.05) is 5.21 Å². The molecule has 0 aliphatic heterocycles. The fraction of sp³-hybridized carbons (Fsp3) is 0.538. The number of rotatable bonds is 6. The lowest BCUT2D eigenvalue weighted by Crippen LogP contribution is -2.35. The van der Waals surface area contributed by atoms with E-state index in [0.29, 0.717) is 17.9 Å². The summed E-state index contributed by atoms with van der Waals surface area (Å²) in [6.07, 6.45) is 6.40. The predicted molar refractivity (Wildman–Crippen MR) is 79.5 cm³/mol. The van der Waals surface area contributed by atoms with E-state index in [-0.39, 0.29) is 0 Å². The molecule has 1 fully saturated rings. The fourth-order valence-electron chi connectivity index (χ4n) is 2.50. The molecule has 0 spiro atoms. The minimum absolute atomic E-state index is 0.297. The standard InChI is InChI=1S/C13H20N8/c14-10-6-9(7-10)11-8-12(19-13(15)18-11)16-2-1-4-21-5-3-17-20-21/h3,5,8-10H,1-2,4,6-7,14H2,(H3,15,16,18,19). The molecule has 0 saturated heterocycles. The molecule has 5 N–H and O–H groups in total. The lowest BCUT2D eigenvalue weighted by molar-refractivity contribution is 0.345. The van der Waals surface area contributed by atoms with Crippen molar-refractivity contribution in [3.63, 3.8) is 0 Å². The maximum Gasteiger partial charge on any atom is 0.222 e. The van der Waals surface area contributed by atoms with Gasteiger partial charge in [0.05, 0.1) is 11.9 Å². The lowest BCUT2D eigenvalue weighted by Gasteiger charge is -2.32. The minimum Gasteiger partial charge on any atom is -0.370 e. The highest BCUT2D eigenvalue weighted by Crippen LogP contribution is 2.35. The van der Waals surface area contributed by atoms with E-state index < -0.39 is 0 Å². The van der Waals surface area contributed by atoms with Crippen molar-refractivity contribution in [3.8, 4) is 0 Å². The van der Waals surface area contributed by atoms with Crippen molar-refractivity contribution in [2.24, 2.45) is 5.73 Å². The van der Waals surface area contributed by atoms with Gasteiger partial charge >= 0.3 is 0 Å². The zero-order chi connectivity index (χ0) is 14.7. The van der Waals surface area contributed by atoms with Gasteiger partial charge in [-0.15, -0.1) is 5.10 Å². The summed E-state index contributed by atoms with van der Waals surface area (Å²) in [4.78, 5) is 8.53. The van der Waals surface area contributed by atoms with Crippen LogP contribution in [0.4, 0.5) is 11.8 Å². The monoisotopic (exact) mass is 288 g/mol. The number of aryl methyl sites for hydroxylation is 1. The molecule has 21 heavy (non-hydrogen) atoms. The predicted octanol–water partition coefficient (Wildman–Crippen LogP) is 0.357. The summed E-state index contributed by atoms with van der Waals surface area (Å²) in [6, 6.07) is 2.27. The Bertz CT molecular complexity index is 576. The van der Waals surface area contributed by atoms with E-state index in [1.807, 2.05) is 12.3 Å². The fourth-order valence-corrected chi connectivity index (χ4v) is 2.50. The van der Waals surface area contributed by atoms with Crippen molar-refractivity contribution >= 4 is 11.8 Å². The first-order chi connectivity index (χ1) is 10.2. The van der Waals surface area contributed by atoms with E-state index in [1.54, 1.807) is 10.9 Å². The van der Waals surface area contributed by atoms with Crippen LogP contribution < -0.4 is 16.8 Å². The van der Waals surface area contributed by atoms with Crippen LogP contribution in [0.3, 0.4) is 0 Å². The average Bonchev–Trinajstić information content (AvgIpc) is 2.93. The van der Waals surface area contributed by atoms with Gasteiger partial charge in [0.1, 0.15) is 5.82 Å². The minimum atomic E-state index is 0.297. The van der Waals surface area contributed by atoms with Crippen LogP contribution in [0.25, 0.3) is 0 Å². The van der Waals surface area contributed by atoms with E-state index in [9.17, 15) is 0 Å². The third-order valence-corrected chi connectivity index (χ3v) is 3.70. The Balaban J connectivity index is 1.52. The maximum atomic E-state index is 5.82. The Hall–Kier alpha value is -2.22. The van der Waals surface area contributed by atoms with Gasteiger partial charge in [0.25, 0.3) is 0 Å². The SMILES string of the molecule is Nc1nc(NCCCn2ccnn2)cc(C2CC(N)C2)n1. The van der Waals surface area contributed by atoms with Gasteiger partial charge in [-0.05, 0) is 19.3 Å². The molecule has 3 rings (SSSR count). The van der Waals surface area contributed by atoms with Crippen molar-refractivity contribution in [3.05, 3.63) is 24.2 Å². The summed E-state index contributed by atoms with van der Waals surface area (Å²) < 4.78 is 1.80. The molecule has 0 unspecified atom stereocenters. The molecule has 0 amide bonds. The second-order valence-corrected chi connectivity index (χ2v) is 5.41. The van der Waals surface area contributed by atoms with Gasteiger partial charge in [0, 0.05) is 37.3 Å². The Morgan fingerprint density at radius 1 is 1.33 bits per heavy atom. The van der Waals surface area contributed by atoms with Crippen LogP contribution in [0.2, 0.25) is 0 Å².